The molecule has 1 heterocycles. The van der Waals surface area contributed by atoms with Gasteiger partial charge in [0.15, 0.2) is 0 Å². The van der Waals surface area contributed by atoms with Crippen LogP contribution in [0.3, 0.4) is 0 Å². The Morgan fingerprint density at radius 2 is 2.21 bits per heavy atom. The number of carboxylic acid groups (broad SMARTS) is 1. The molecule has 1 aliphatic rings. The lowest BCUT2D eigenvalue weighted by Crippen LogP contribution is -2.44. The smallest absolute Gasteiger partial charge is 0.337 e. The third-order valence-electron chi connectivity index (χ3n) is 3.92. The van der Waals surface area contributed by atoms with Gasteiger partial charge in [0.05, 0.1) is 17.4 Å². The van der Waals surface area contributed by atoms with Gasteiger partial charge in [-0.3, -0.25) is 0 Å². The van der Waals surface area contributed by atoms with Crippen LogP contribution in [-0.2, 0) is 4.74 Å². The van der Waals surface area contributed by atoms with Crippen LogP contribution in [0.2, 0.25) is 0 Å². The van der Waals surface area contributed by atoms with Crippen molar-refractivity contribution in [2.75, 3.05) is 25.1 Å². The molecule has 2 atom stereocenters. The summed E-state index contributed by atoms with van der Waals surface area (Å²) in [6.45, 7) is 5.72. The van der Waals surface area contributed by atoms with Crippen molar-refractivity contribution in [3.05, 3.63) is 29.3 Å². The Balaban J connectivity index is 2.29. The van der Waals surface area contributed by atoms with Crippen molar-refractivity contribution in [2.24, 2.45) is 5.92 Å². The number of anilines is 1. The summed E-state index contributed by atoms with van der Waals surface area (Å²) in [6, 6.07) is 5.60. The van der Waals surface area contributed by atoms with Crippen LogP contribution < -0.4 is 4.90 Å². The van der Waals surface area contributed by atoms with E-state index in [9.17, 15) is 9.90 Å². The second-order valence-electron chi connectivity index (χ2n) is 5.31. The number of benzene rings is 1. The van der Waals surface area contributed by atoms with Crippen LogP contribution in [0.1, 0.15) is 29.3 Å². The van der Waals surface area contributed by atoms with Gasteiger partial charge in [-0.2, -0.15) is 0 Å². The molecule has 19 heavy (non-hydrogen) atoms. The van der Waals surface area contributed by atoms with Gasteiger partial charge in [0.1, 0.15) is 0 Å². The van der Waals surface area contributed by atoms with E-state index in [2.05, 4.69) is 11.8 Å². The van der Waals surface area contributed by atoms with E-state index in [1.807, 2.05) is 19.1 Å². The average molecular weight is 263 g/mol. The Morgan fingerprint density at radius 3 is 2.84 bits per heavy atom. The molecule has 1 aromatic rings. The maximum atomic E-state index is 11.4. The number of ether oxygens (including phenoxy) is 1. The van der Waals surface area contributed by atoms with Gasteiger partial charge in [-0.15, -0.1) is 0 Å². The van der Waals surface area contributed by atoms with E-state index in [1.165, 1.54) is 0 Å². The standard InChI is InChI=1S/C15H21NO3/c1-10-4-5-13(12(8-10)15(17)18)16-7-6-11(2)14(9-16)19-3/h4-5,8,11,14H,6-7,9H2,1-3H3,(H,17,18). The molecule has 2 unspecified atom stereocenters. The lowest BCUT2D eigenvalue weighted by Gasteiger charge is -2.38. The largest absolute Gasteiger partial charge is 0.478 e. The van der Waals surface area contributed by atoms with Crippen molar-refractivity contribution in [1.82, 2.24) is 0 Å². The van der Waals surface area contributed by atoms with E-state index in [-0.39, 0.29) is 6.10 Å². The summed E-state index contributed by atoms with van der Waals surface area (Å²) < 4.78 is 5.49. The monoisotopic (exact) mass is 263 g/mol. The summed E-state index contributed by atoms with van der Waals surface area (Å²) in [5.74, 6) is -0.355. The molecule has 1 fully saturated rings. The SMILES string of the molecule is COC1CN(c2ccc(C)cc2C(=O)O)CCC1C. The third-order valence-corrected chi connectivity index (χ3v) is 3.92. The number of methoxy groups -OCH3 is 1. The highest BCUT2D eigenvalue weighted by atomic mass is 16.5. The molecule has 0 spiro atoms. The van der Waals surface area contributed by atoms with Crippen molar-refractivity contribution in [3.63, 3.8) is 0 Å². The number of piperidine rings is 1. The molecule has 1 N–H and O–H groups in total. The molecule has 0 aliphatic carbocycles. The van der Waals surface area contributed by atoms with E-state index in [0.717, 1.165) is 30.8 Å². The first-order chi connectivity index (χ1) is 9.02. The van der Waals surface area contributed by atoms with Gasteiger partial charge in [0.25, 0.3) is 0 Å². The van der Waals surface area contributed by atoms with Crippen LogP contribution in [0, 0.1) is 12.8 Å². The van der Waals surface area contributed by atoms with Crippen LogP contribution in [0.5, 0.6) is 0 Å². The van der Waals surface area contributed by atoms with Gasteiger partial charge in [0, 0.05) is 20.2 Å². The minimum atomic E-state index is -0.869. The molecule has 0 bridgehead atoms. The maximum absolute atomic E-state index is 11.4. The Hall–Kier alpha value is -1.55. The zero-order valence-electron chi connectivity index (χ0n) is 11.7. The van der Waals surface area contributed by atoms with Crippen LogP contribution in [0.15, 0.2) is 18.2 Å². The predicted molar refractivity (Wildman–Crippen MR) is 74.9 cm³/mol. The zero-order valence-corrected chi connectivity index (χ0v) is 11.7. The zero-order chi connectivity index (χ0) is 14.0. The van der Waals surface area contributed by atoms with Gasteiger partial charge in [-0.1, -0.05) is 18.6 Å². The second kappa shape index (κ2) is 5.61. The third kappa shape index (κ3) is 2.89. The summed E-state index contributed by atoms with van der Waals surface area (Å²) in [6.07, 6.45) is 1.18. The Labute approximate surface area is 114 Å². The number of aryl methyl sites for hydroxylation is 1. The van der Waals surface area contributed by atoms with Gasteiger partial charge in [-0.25, -0.2) is 4.79 Å². The summed E-state index contributed by atoms with van der Waals surface area (Å²) in [5, 5.41) is 9.34. The molecule has 1 aromatic carbocycles. The Bertz CT molecular complexity index is 472. The van der Waals surface area contributed by atoms with Crippen LogP contribution >= 0.6 is 0 Å². The number of carboxylic acids is 1. The quantitative estimate of drug-likeness (QED) is 0.910. The van der Waals surface area contributed by atoms with Crippen molar-refractivity contribution >= 4 is 11.7 Å². The number of carbonyl (C=O) groups is 1. The van der Waals surface area contributed by atoms with Crippen LogP contribution in [0.25, 0.3) is 0 Å². The number of aromatic carboxylic acids is 1. The summed E-state index contributed by atoms with van der Waals surface area (Å²) in [5.41, 5.74) is 2.14. The van der Waals surface area contributed by atoms with Gasteiger partial charge in [-0.05, 0) is 31.4 Å². The van der Waals surface area contributed by atoms with E-state index in [1.54, 1.807) is 13.2 Å². The number of hydrogen-bond acceptors (Lipinski definition) is 3. The summed E-state index contributed by atoms with van der Waals surface area (Å²) >= 11 is 0. The van der Waals surface area contributed by atoms with E-state index >= 15 is 0 Å². The van der Waals surface area contributed by atoms with Crippen LogP contribution in [-0.4, -0.2) is 37.4 Å². The molecule has 2 rings (SSSR count). The van der Waals surface area contributed by atoms with E-state index in [0.29, 0.717) is 11.5 Å². The molecular weight excluding hydrogens is 242 g/mol. The highest BCUT2D eigenvalue weighted by Crippen LogP contribution is 2.28. The van der Waals surface area contributed by atoms with Crippen molar-refractivity contribution in [1.29, 1.82) is 0 Å². The minimum absolute atomic E-state index is 0.164. The maximum Gasteiger partial charge on any atom is 0.337 e. The molecule has 0 saturated carbocycles. The Kier molecular flexibility index (Phi) is 4.10. The average Bonchev–Trinajstić information content (AvgIpc) is 2.39. The second-order valence-corrected chi connectivity index (χ2v) is 5.31. The molecule has 4 heteroatoms. The fraction of sp³-hybridized carbons (Fsp3) is 0.533. The summed E-state index contributed by atoms with van der Waals surface area (Å²) in [4.78, 5) is 13.5. The van der Waals surface area contributed by atoms with Crippen LogP contribution in [0.4, 0.5) is 5.69 Å². The number of hydrogen-bond donors (Lipinski definition) is 1. The number of nitrogens with zero attached hydrogens (tertiary/aromatic N) is 1. The molecule has 1 saturated heterocycles. The van der Waals surface area contributed by atoms with Crippen molar-refractivity contribution < 1.29 is 14.6 Å². The fourth-order valence-electron chi connectivity index (χ4n) is 2.66. The van der Waals surface area contributed by atoms with E-state index in [4.69, 9.17) is 4.74 Å². The lowest BCUT2D eigenvalue weighted by molar-refractivity contribution is 0.0496. The lowest BCUT2D eigenvalue weighted by atomic mass is 9.94. The first-order valence-electron chi connectivity index (χ1n) is 6.64. The van der Waals surface area contributed by atoms with Crippen molar-refractivity contribution in [2.45, 2.75) is 26.4 Å². The summed E-state index contributed by atoms with van der Waals surface area (Å²) in [7, 11) is 1.72. The normalized spacial score (nSPS) is 23.4. The molecule has 0 radical (unpaired) electrons. The highest BCUT2D eigenvalue weighted by molar-refractivity contribution is 5.94. The first-order valence-corrected chi connectivity index (χ1v) is 6.64. The first kappa shape index (κ1) is 13.9. The molecule has 1 aliphatic heterocycles. The molecule has 104 valence electrons. The topological polar surface area (TPSA) is 49.8 Å². The molecule has 4 nitrogen and oxygen atoms in total. The van der Waals surface area contributed by atoms with Crippen molar-refractivity contribution in [3.8, 4) is 0 Å². The molecule has 0 aromatic heterocycles. The minimum Gasteiger partial charge on any atom is -0.478 e. The predicted octanol–water partition coefficient (Wildman–Crippen LogP) is 2.55. The number of rotatable bonds is 3. The van der Waals surface area contributed by atoms with Gasteiger partial charge in [0.2, 0.25) is 0 Å². The molecular formula is C15H21NO3. The molecule has 0 amide bonds. The Morgan fingerprint density at radius 1 is 1.47 bits per heavy atom. The van der Waals surface area contributed by atoms with Gasteiger partial charge < -0.3 is 14.7 Å². The van der Waals surface area contributed by atoms with Gasteiger partial charge >= 0.3 is 5.97 Å². The highest BCUT2D eigenvalue weighted by Gasteiger charge is 2.28. The van der Waals surface area contributed by atoms with E-state index < -0.39 is 5.97 Å². The fourth-order valence-corrected chi connectivity index (χ4v) is 2.66.